The Morgan fingerprint density at radius 1 is 1.48 bits per heavy atom. The van der Waals surface area contributed by atoms with E-state index in [-0.39, 0.29) is 11.9 Å². The highest BCUT2D eigenvalue weighted by Gasteiger charge is 2.32. The first-order chi connectivity index (χ1) is 10.1. The van der Waals surface area contributed by atoms with Crippen molar-refractivity contribution in [2.45, 2.75) is 45.7 Å². The summed E-state index contributed by atoms with van der Waals surface area (Å²) in [5.74, 6) is 1.28. The molecule has 0 N–H and O–H groups in total. The molecule has 1 fully saturated rings. The highest BCUT2D eigenvalue weighted by atomic mass is 16.5. The van der Waals surface area contributed by atoms with Gasteiger partial charge >= 0.3 is 0 Å². The summed E-state index contributed by atoms with van der Waals surface area (Å²) in [7, 11) is 0. The number of amides is 1. The van der Waals surface area contributed by atoms with Gasteiger partial charge in [-0.25, -0.2) is 0 Å². The fourth-order valence-electron chi connectivity index (χ4n) is 2.73. The molecule has 1 atom stereocenters. The maximum absolute atomic E-state index is 12.4. The zero-order chi connectivity index (χ0) is 14.8. The minimum atomic E-state index is -0.0469. The maximum Gasteiger partial charge on any atom is 0.225 e. The van der Waals surface area contributed by atoms with Crippen LogP contribution in [0.5, 0.6) is 0 Å². The Balaban J connectivity index is 1.63. The van der Waals surface area contributed by atoms with Crippen LogP contribution in [0, 0.1) is 13.8 Å². The van der Waals surface area contributed by atoms with Crippen molar-refractivity contribution in [2.24, 2.45) is 0 Å². The molecule has 2 aromatic rings. The molecule has 1 saturated heterocycles. The highest BCUT2D eigenvalue weighted by molar-refractivity contribution is 5.76. The zero-order valence-electron chi connectivity index (χ0n) is 12.3. The smallest absolute Gasteiger partial charge is 0.225 e. The van der Waals surface area contributed by atoms with E-state index in [1.807, 2.05) is 18.0 Å². The van der Waals surface area contributed by atoms with E-state index < -0.39 is 0 Å². The van der Waals surface area contributed by atoms with Crippen molar-refractivity contribution in [3.8, 4) is 0 Å². The quantitative estimate of drug-likeness (QED) is 0.855. The van der Waals surface area contributed by atoms with Gasteiger partial charge < -0.3 is 9.42 Å². The summed E-state index contributed by atoms with van der Waals surface area (Å²) in [6, 6.07) is -0.0469. The van der Waals surface area contributed by atoms with Crippen LogP contribution in [0.25, 0.3) is 0 Å². The van der Waals surface area contributed by atoms with Gasteiger partial charge in [-0.3, -0.25) is 9.48 Å². The third-order valence-corrected chi connectivity index (χ3v) is 3.73. The summed E-state index contributed by atoms with van der Waals surface area (Å²) in [4.78, 5) is 18.5. The van der Waals surface area contributed by atoms with Crippen molar-refractivity contribution in [2.75, 3.05) is 6.54 Å². The summed E-state index contributed by atoms with van der Waals surface area (Å²) in [5.41, 5.74) is 1.10. The van der Waals surface area contributed by atoms with Crippen LogP contribution in [0.15, 0.2) is 16.9 Å². The lowest BCUT2D eigenvalue weighted by Gasteiger charge is -2.22. The summed E-state index contributed by atoms with van der Waals surface area (Å²) in [5, 5.41) is 8.16. The number of aryl methyl sites for hydroxylation is 3. The number of hydrogen-bond donors (Lipinski definition) is 0. The Morgan fingerprint density at radius 3 is 3.00 bits per heavy atom. The first kappa shape index (κ1) is 13.8. The van der Waals surface area contributed by atoms with Gasteiger partial charge in [-0.05, 0) is 25.3 Å². The second-order valence-corrected chi connectivity index (χ2v) is 5.45. The predicted octanol–water partition coefficient (Wildman–Crippen LogP) is 1.64. The van der Waals surface area contributed by atoms with Gasteiger partial charge in [-0.2, -0.15) is 10.1 Å². The molecule has 1 aliphatic rings. The highest BCUT2D eigenvalue weighted by Crippen LogP contribution is 2.30. The van der Waals surface area contributed by atoms with Crippen molar-refractivity contribution in [3.05, 3.63) is 29.7 Å². The lowest BCUT2D eigenvalue weighted by Crippen LogP contribution is -2.31. The molecule has 0 bridgehead atoms. The molecular weight excluding hydrogens is 270 g/mol. The van der Waals surface area contributed by atoms with Crippen LogP contribution >= 0.6 is 0 Å². The number of nitrogens with zero attached hydrogens (tertiary/aromatic N) is 5. The average Bonchev–Trinajstić information content (AvgIpc) is 3.16. The number of likely N-dealkylation sites (tertiary alicyclic amines) is 1. The topological polar surface area (TPSA) is 77.0 Å². The molecule has 7 heteroatoms. The van der Waals surface area contributed by atoms with Gasteiger partial charge in [-0.1, -0.05) is 5.16 Å². The third kappa shape index (κ3) is 2.96. The molecule has 7 nitrogen and oxygen atoms in total. The molecule has 0 radical (unpaired) electrons. The van der Waals surface area contributed by atoms with Crippen LogP contribution in [0.4, 0.5) is 0 Å². The molecule has 3 rings (SSSR count). The van der Waals surface area contributed by atoms with Crippen molar-refractivity contribution >= 4 is 5.91 Å². The van der Waals surface area contributed by atoms with E-state index in [2.05, 4.69) is 15.2 Å². The molecule has 112 valence electrons. The largest absolute Gasteiger partial charge is 0.340 e. The Hall–Kier alpha value is -2.18. The van der Waals surface area contributed by atoms with Crippen molar-refractivity contribution in [1.29, 1.82) is 0 Å². The molecule has 0 aliphatic carbocycles. The molecule has 21 heavy (non-hydrogen) atoms. The SMILES string of the molecule is Cc1cnn(CCC(=O)N2CCC[C@@H]2c2noc(C)n2)c1. The summed E-state index contributed by atoms with van der Waals surface area (Å²) in [6.45, 7) is 5.11. The Morgan fingerprint density at radius 2 is 2.33 bits per heavy atom. The number of aromatic nitrogens is 4. The summed E-state index contributed by atoms with van der Waals surface area (Å²) >= 11 is 0. The van der Waals surface area contributed by atoms with E-state index in [4.69, 9.17) is 4.52 Å². The molecule has 0 spiro atoms. The van der Waals surface area contributed by atoms with Gasteiger partial charge in [0, 0.05) is 32.6 Å². The normalized spacial score (nSPS) is 18.4. The molecule has 0 aromatic carbocycles. The second-order valence-electron chi connectivity index (χ2n) is 5.45. The zero-order valence-corrected chi connectivity index (χ0v) is 12.3. The first-order valence-electron chi connectivity index (χ1n) is 7.22. The van der Waals surface area contributed by atoms with Crippen LogP contribution in [0.2, 0.25) is 0 Å². The minimum absolute atomic E-state index is 0.0469. The second kappa shape index (κ2) is 5.67. The van der Waals surface area contributed by atoms with E-state index in [1.165, 1.54) is 0 Å². The minimum Gasteiger partial charge on any atom is -0.340 e. The molecule has 2 aromatic heterocycles. The maximum atomic E-state index is 12.4. The standard InChI is InChI=1S/C14H19N5O2/c1-10-8-15-18(9-10)7-5-13(20)19-6-3-4-12(19)14-16-11(2)21-17-14/h8-9,12H,3-7H2,1-2H3/t12-/m1/s1. The molecule has 3 heterocycles. The van der Waals surface area contributed by atoms with Gasteiger partial charge in [0.15, 0.2) is 5.82 Å². The number of rotatable bonds is 4. The van der Waals surface area contributed by atoms with E-state index >= 15 is 0 Å². The van der Waals surface area contributed by atoms with E-state index in [0.29, 0.717) is 24.7 Å². The Kier molecular flexibility index (Phi) is 3.72. The summed E-state index contributed by atoms with van der Waals surface area (Å²) in [6.07, 6.45) is 6.05. The van der Waals surface area contributed by atoms with Crippen LogP contribution in [-0.4, -0.2) is 37.3 Å². The van der Waals surface area contributed by atoms with E-state index in [0.717, 1.165) is 24.9 Å². The lowest BCUT2D eigenvalue weighted by atomic mass is 10.2. The van der Waals surface area contributed by atoms with Gasteiger partial charge in [0.1, 0.15) is 0 Å². The van der Waals surface area contributed by atoms with Gasteiger partial charge in [0.2, 0.25) is 11.8 Å². The van der Waals surface area contributed by atoms with Crippen LogP contribution in [0.1, 0.15) is 42.6 Å². The van der Waals surface area contributed by atoms with Gasteiger partial charge in [-0.15, -0.1) is 0 Å². The van der Waals surface area contributed by atoms with Crippen LogP contribution in [0.3, 0.4) is 0 Å². The van der Waals surface area contributed by atoms with Crippen LogP contribution in [-0.2, 0) is 11.3 Å². The lowest BCUT2D eigenvalue weighted by molar-refractivity contribution is -0.132. The van der Waals surface area contributed by atoms with Gasteiger partial charge in [0.05, 0.1) is 12.2 Å². The Labute approximate surface area is 122 Å². The third-order valence-electron chi connectivity index (χ3n) is 3.73. The molecule has 0 saturated carbocycles. The number of carbonyl (C=O) groups excluding carboxylic acids is 1. The van der Waals surface area contributed by atoms with Crippen LogP contribution < -0.4 is 0 Å². The predicted molar refractivity (Wildman–Crippen MR) is 74.3 cm³/mol. The number of carbonyl (C=O) groups is 1. The van der Waals surface area contributed by atoms with E-state index in [9.17, 15) is 4.79 Å². The fourth-order valence-corrected chi connectivity index (χ4v) is 2.73. The number of hydrogen-bond acceptors (Lipinski definition) is 5. The summed E-state index contributed by atoms with van der Waals surface area (Å²) < 4.78 is 6.83. The average molecular weight is 289 g/mol. The van der Waals surface area contributed by atoms with Crippen molar-refractivity contribution < 1.29 is 9.32 Å². The Bertz CT molecular complexity index is 633. The van der Waals surface area contributed by atoms with Gasteiger partial charge in [0.25, 0.3) is 0 Å². The first-order valence-corrected chi connectivity index (χ1v) is 7.22. The van der Waals surface area contributed by atoms with E-state index in [1.54, 1.807) is 17.8 Å². The monoisotopic (exact) mass is 289 g/mol. The fraction of sp³-hybridized carbons (Fsp3) is 0.571. The van der Waals surface area contributed by atoms with Crippen molar-refractivity contribution in [1.82, 2.24) is 24.8 Å². The molecular formula is C14H19N5O2. The molecule has 0 unspecified atom stereocenters. The van der Waals surface area contributed by atoms with Crippen molar-refractivity contribution in [3.63, 3.8) is 0 Å². The molecule has 1 aliphatic heterocycles. The molecule has 1 amide bonds.